The van der Waals surface area contributed by atoms with E-state index in [1.165, 1.54) is 0 Å². The third-order valence-electron chi connectivity index (χ3n) is 2.88. The summed E-state index contributed by atoms with van der Waals surface area (Å²) in [5, 5.41) is 15.6. The second-order valence-electron chi connectivity index (χ2n) is 4.18. The summed E-state index contributed by atoms with van der Waals surface area (Å²) in [6.45, 7) is 1.89. The second-order valence-corrected chi connectivity index (χ2v) is 4.18. The van der Waals surface area contributed by atoms with Gasteiger partial charge in [-0.2, -0.15) is 0 Å². The number of rotatable bonds is 1. The number of hydrogen-bond donors (Lipinski definition) is 2. The molecule has 0 saturated carbocycles. The van der Waals surface area contributed by atoms with Crippen LogP contribution in [-0.4, -0.2) is 19.9 Å². The number of nitrogens with zero attached hydrogens (tertiary/aromatic N) is 3. The average molecular weight is 240 g/mol. The highest BCUT2D eigenvalue weighted by atomic mass is 16.3. The van der Waals surface area contributed by atoms with Crippen LogP contribution in [0.15, 0.2) is 36.7 Å². The molecule has 0 aliphatic rings. The van der Waals surface area contributed by atoms with Gasteiger partial charge in [0.2, 0.25) is 0 Å². The molecule has 0 bridgehead atoms. The SMILES string of the molecule is Cc1cn(-c2nccc3ccc(O)cc23)nc1N. The molecule has 3 N–H and O–H groups in total. The monoisotopic (exact) mass is 240 g/mol. The molecule has 0 radical (unpaired) electrons. The number of fused-ring (bicyclic) bond motifs is 1. The van der Waals surface area contributed by atoms with Crippen LogP contribution in [-0.2, 0) is 0 Å². The molecule has 0 saturated heterocycles. The van der Waals surface area contributed by atoms with Gasteiger partial charge in [-0.1, -0.05) is 6.07 Å². The Bertz CT molecular complexity index is 713. The van der Waals surface area contributed by atoms with Crippen molar-refractivity contribution in [3.63, 3.8) is 0 Å². The van der Waals surface area contributed by atoms with Gasteiger partial charge in [0, 0.05) is 23.3 Å². The summed E-state index contributed by atoms with van der Waals surface area (Å²) in [5.41, 5.74) is 6.64. The first-order valence-electron chi connectivity index (χ1n) is 5.55. The number of phenolic OH excluding ortho intramolecular Hbond substituents is 1. The summed E-state index contributed by atoms with van der Waals surface area (Å²) in [6, 6.07) is 7.05. The van der Waals surface area contributed by atoms with E-state index in [-0.39, 0.29) is 5.75 Å². The van der Waals surface area contributed by atoms with E-state index < -0.39 is 0 Å². The molecular weight excluding hydrogens is 228 g/mol. The average Bonchev–Trinajstić information content (AvgIpc) is 2.68. The van der Waals surface area contributed by atoms with Crippen molar-refractivity contribution >= 4 is 16.6 Å². The Balaban J connectivity index is 2.31. The van der Waals surface area contributed by atoms with E-state index in [9.17, 15) is 5.11 Å². The number of hydrogen-bond acceptors (Lipinski definition) is 4. The van der Waals surface area contributed by atoms with Crippen molar-refractivity contribution < 1.29 is 5.11 Å². The van der Waals surface area contributed by atoms with Gasteiger partial charge in [0.25, 0.3) is 0 Å². The molecule has 0 fully saturated rings. The first kappa shape index (κ1) is 10.6. The van der Waals surface area contributed by atoms with E-state index in [1.54, 1.807) is 23.0 Å². The zero-order valence-electron chi connectivity index (χ0n) is 9.83. The summed E-state index contributed by atoms with van der Waals surface area (Å²) in [7, 11) is 0. The van der Waals surface area contributed by atoms with Crippen molar-refractivity contribution in [3.05, 3.63) is 42.2 Å². The number of benzene rings is 1. The molecule has 0 aliphatic carbocycles. The van der Waals surface area contributed by atoms with E-state index in [4.69, 9.17) is 5.73 Å². The zero-order valence-corrected chi connectivity index (χ0v) is 9.83. The lowest BCUT2D eigenvalue weighted by Gasteiger charge is -2.05. The maximum atomic E-state index is 9.58. The van der Waals surface area contributed by atoms with Gasteiger partial charge in [0.1, 0.15) is 11.6 Å². The maximum Gasteiger partial charge on any atom is 0.161 e. The normalized spacial score (nSPS) is 10.9. The molecule has 5 heteroatoms. The van der Waals surface area contributed by atoms with Crippen molar-refractivity contribution in [2.75, 3.05) is 5.73 Å². The van der Waals surface area contributed by atoms with Gasteiger partial charge in [-0.3, -0.25) is 0 Å². The zero-order chi connectivity index (χ0) is 12.7. The predicted molar refractivity (Wildman–Crippen MR) is 69.7 cm³/mol. The van der Waals surface area contributed by atoms with Crippen molar-refractivity contribution in [3.8, 4) is 11.6 Å². The lowest BCUT2D eigenvalue weighted by molar-refractivity contribution is 0.476. The van der Waals surface area contributed by atoms with Crippen LogP contribution in [0.3, 0.4) is 0 Å². The van der Waals surface area contributed by atoms with Crippen molar-refractivity contribution in [1.29, 1.82) is 0 Å². The van der Waals surface area contributed by atoms with Gasteiger partial charge in [0.15, 0.2) is 5.82 Å². The fraction of sp³-hybridized carbons (Fsp3) is 0.0769. The number of aromatic hydroxyl groups is 1. The third-order valence-corrected chi connectivity index (χ3v) is 2.88. The molecule has 0 unspecified atom stereocenters. The minimum Gasteiger partial charge on any atom is -0.508 e. The third kappa shape index (κ3) is 1.57. The largest absolute Gasteiger partial charge is 0.508 e. The van der Waals surface area contributed by atoms with E-state index >= 15 is 0 Å². The Hall–Kier alpha value is -2.56. The number of aromatic nitrogens is 3. The minimum atomic E-state index is 0.202. The van der Waals surface area contributed by atoms with Crippen LogP contribution < -0.4 is 5.73 Å². The lowest BCUT2D eigenvalue weighted by atomic mass is 10.1. The van der Waals surface area contributed by atoms with Crippen LogP contribution in [0.5, 0.6) is 5.75 Å². The molecule has 3 rings (SSSR count). The number of phenols is 1. The first-order valence-corrected chi connectivity index (χ1v) is 5.55. The quantitative estimate of drug-likeness (QED) is 0.682. The van der Waals surface area contributed by atoms with E-state index in [0.717, 1.165) is 16.3 Å². The Morgan fingerprint density at radius 2 is 2.11 bits per heavy atom. The molecule has 3 aromatic rings. The standard InChI is InChI=1S/C13H12N4O/c1-8-7-17(16-12(8)14)13-11-6-10(18)3-2-9(11)4-5-15-13/h2-7,18H,1H3,(H2,14,16). The second kappa shape index (κ2) is 3.73. The Labute approximate surface area is 103 Å². The van der Waals surface area contributed by atoms with Crippen LogP contribution in [0.4, 0.5) is 5.82 Å². The minimum absolute atomic E-state index is 0.202. The summed E-state index contributed by atoms with van der Waals surface area (Å²) in [5.74, 6) is 1.34. The summed E-state index contributed by atoms with van der Waals surface area (Å²) in [6.07, 6.45) is 3.53. The molecule has 18 heavy (non-hydrogen) atoms. The van der Waals surface area contributed by atoms with E-state index in [2.05, 4.69) is 10.1 Å². The maximum absolute atomic E-state index is 9.58. The highest BCUT2D eigenvalue weighted by Crippen LogP contribution is 2.24. The molecule has 1 aromatic carbocycles. The molecule has 0 amide bonds. The Morgan fingerprint density at radius 1 is 1.28 bits per heavy atom. The Morgan fingerprint density at radius 3 is 2.83 bits per heavy atom. The van der Waals surface area contributed by atoms with E-state index in [1.807, 2.05) is 25.3 Å². The Kier molecular flexibility index (Phi) is 2.19. The molecule has 0 aliphatic heterocycles. The summed E-state index contributed by atoms with van der Waals surface area (Å²) >= 11 is 0. The molecule has 2 aromatic heterocycles. The number of pyridine rings is 1. The molecule has 90 valence electrons. The van der Waals surface area contributed by atoms with Gasteiger partial charge >= 0.3 is 0 Å². The van der Waals surface area contributed by atoms with Crippen molar-refractivity contribution in [2.24, 2.45) is 0 Å². The number of nitrogen functional groups attached to an aromatic ring is 1. The lowest BCUT2D eigenvalue weighted by Crippen LogP contribution is -1.99. The number of anilines is 1. The van der Waals surface area contributed by atoms with Gasteiger partial charge in [0.05, 0.1) is 0 Å². The smallest absolute Gasteiger partial charge is 0.161 e. The van der Waals surface area contributed by atoms with Gasteiger partial charge in [-0.25, -0.2) is 9.67 Å². The van der Waals surface area contributed by atoms with Crippen molar-refractivity contribution in [1.82, 2.24) is 14.8 Å². The van der Waals surface area contributed by atoms with Crippen LogP contribution in [0.1, 0.15) is 5.56 Å². The van der Waals surface area contributed by atoms with Crippen molar-refractivity contribution in [2.45, 2.75) is 6.92 Å². The molecule has 2 heterocycles. The molecule has 0 atom stereocenters. The summed E-state index contributed by atoms with van der Waals surface area (Å²) in [4.78, 5) is 4.31. The topological polar surface area (TPSA) is 77.0 Å². The summed E-state index contributed by atoms with van der Waals surface area (Å²) < 4.78 is 1.63. The predicted octanol–water partition coefficient (Wildman–Crippen LogP) is 2.02. The van der Waals surface area contributed by atoms with Crippen LogP contribution in [0.25, 0.3) is 16.6 Å². The highest BCUT2D eigenvalue weighted by molar-refractivity contribution is 5.89. The highest BCUT2D eigenvalue weighted by Gasteiger charge is 2.08. The molecular formula is C13H12N4O. The van der Waals surface area contributed by atoms with Gasteiger partial charge < -0.3 is 10.8 Å². The van der Waals surface area contributed by atoms with E-state index in [0.29, 0.717) is 11.6 Å². The fourth-order valence-electron chi connectivity index (χ4n) is 1.91. The van der Waals surface area contributed by atoms with Crippen LogP contribution >= 0.6 is 0 Å². The van der Waals surface area contributed by atoms with Gasteiger partial charge in [-0.15, -0.1) is 5.10 Å². The van der Waals surface area contributed by atoms with Gasteiger partial charge in [-0.05, 0) is 30.5 Å². The molecule has 0 spiro atoms. The molecule has 5 nitrogen and oxygen atoms in total. The number of nitrogens with two attached hydrogens (primary N) is 1. The number of aryl methyl sites for hydroxylation is 1. The first-order chi connectivity index (χ1) is 8.65. The van der Waals surface area contributed by atoms with Crippen LogP contribution in [0, 0.1) is 6.92 Å². The van der Waals surface area contributed by atoms with Crippen LogP contribution in [0.2, 0.25) is 0 Å². The fourth-order valence-corrected chi connectivity index (χ4v) is 1.91.